The van der Waals surface area contributed by atoms with Gasteiger partial charge in [0.25, 0.3) is 0 Å². The van der Waals surface area contributed by atoms with Crippen LogP contribution in [0.5, 0.6) is 0 Å². The monoisotopic (exact) mass is 351 g/mol. The fourth-order valence-electron chi connectivity index (χ4n) is 1.02. The second kappa shape index (κ2) is 4.59. The Kier molecular flexibility index (Phi) is 3.38. The fourth-order valence-corrected chi connectivity index (χ4v) is 1.65. The Balaban J connectivity index is 2.56. The second-order valence-corrected chi connectivity index (χ2v) is 4.48. The third kappa shape index (κ3) is 2.38. The van der Waals surface area contributed by atoms with Crippen molar-refractivity contribution in [3.63, 3.8) is 0 Å². The molecule has 0 aliphatic carbocycles. The maximum absolute atomic E-state index is 5.91. The molecule has 0 aliphatic heterocycles. The standard InChI is InChI=1S/C9H4Cl2IN3/c10-7-6(12)8(11)15-9(14-7)5-2-1-3-13-4-5/h1-4H. The first-order valence-corrected chi connectivity index (χ1v) is 5.81. The first kappa shape index (κ1) is 11.0. The van der Waals surface area contributed by atoms with Gasteiger partial charge in [-0.1, -0.05) is 23.2 Å². The van der Waals surface area contributed by atoms with Crippen molar-refractivity contribution in [1.82, 2.24) is 15.0 Å². The van der Waals surface area contributed by atoms with E-state index < -0.39 is 0 Å². The molecule has 0 aliphatic rings. The van der Waals surface area contributed by atoms with E-state index in [1.807, 2.05) is 28.7 Å². The zero-order valence-corrected chi connectivity index (χ0v) is 11.0. The summed E-state index contributed by atoms with van der Waals surface area (Å²) in [6.45, 7) is 0. The predicted octanol–water partition coefficient (Wildman–Crippen LogP) is 3.45. The maximum Gasteiger partial charge on any atom is 0.164 e. The van der Waals surface area contributed by atoms with E-state index in [-0.39, 0.29) is 0 Å². The summed E-state index contributed by atoms with van der Waals surface area (Å²) in [6.07, 6.45) is 3.34. The van der Waals surface area contributed by atoms with Crippen LogP contribution in [0.4, 0.5) is 0 Å². The van der Waals surface area contributed by atoms with Crippen molar-refractivity contribution in [3.05, 3.63) is 38.4 Å². The van der Waals surface area contributed by atoms with Gasteiger partial charge in [-0.3, -0.25) is 4.98 Å². The van der Waals surface area contributed by atoms with Gasteiger partial charge in [-0.15, -0.1) is 0 Å². The maximum atomic E-state index is 5.91. The lowest BCUT2D eigenvalue weighted by Gasteiger charge is -2.02. The lowest BCUT2D eigenvalue weighted by Crippen LogP contribution is -1.93. The molecule has 0 N–H and O–H groups in total. The highest BCUT2D eigenvalue weighted by molar-refractivity contribution is 14.1. The minimum atomic E-state index is 0.356. The number of rotatable bonds is 1. The van der Waals surface area contributed by atoms with Crippen molar-refractivity contribution in [2.75, 3.05) is 0 Å². The molecule has 0 radical (unpaired) electrons. The summed E-state index contributed by atoms with van der Waals surface area (Å²) in [5.41, 5.74) is 0.790. The molecule has 2 aromatic heterocycles. The van der Waals surface area contributed by atoms with E-state index in [1.54, 1.807) is 18.5 Å². The van der Waals surface area contributed by atoms with Crippen molar-refractivity contribution in [2.24, 2.45) is 0 Å². The number of hydrogen-bond donors (Lipinski definition) is 0. The van der Waals surface area contributed by atoms with Gasteiger partial charge in [-0.05, 0) is 34.7 Å². The van der Waals surface area contributed by atoms with Crippen molar-refractivity contribution in [2.45, 2.75) is 0 Å². The molecule has 0 spiro atoms. The van der Waals surface area contributed by atoms with Gasteiger partial charge in [0.1, 0.15) is 10.3 Å². The zero-order valence-electron chi connectivity index (χ0n) is 7.28. The van der Waals surface area contributed by atoms with E-state index in [2.05, 4.69) is 15.0 Å². The molecule has 0 unspecified atom stereocenters. The Morgan fingerprint density at radius 3 is 2.33 bits per heavy atom. The van der Waals surface area contributed by atoms with Crippen LogP contribution in [0.2, 0.25) is 10.3 Å². The third-order valence-electron chi connectivity index (χ3n) is 1.69. The summed E-state index contributed by atoms with van der Waals surface area (Å²) in [5, 5.41) is 0.712. The molecule has 0 bridgehead atoms. The number of halogens is 3. The molecule has 2 aromatic rings. The summed E-state index contributed by atoms with van der Waals surface area (Å²) in [6, 6.07) is 3.65. The van der Waals surface area contributed by atoms with E-state index in [1.165, 1.54) is 0 Å². The van der Waals surface area contributed by atoms with Gasteiger partial charge >= 0.3 is 0 Å². The normalized spacial score (nSPS) is 10.3. The van der Waals surface area contributed by atoms with Crippen LogP contribution in [0.25, 0.3) is 11.4 Å². The summed E-state index contributed by atoms with van der Waals surface area (Å²) >= 11 is 13.8. The summed E-state index contributed by atoms with van der Waals surface area (Å²) < 4.78 is 0.656. The van der Waals surface area contributed by atoms with Crippen molar-refractivity contribution < 1.29 is 0 Å². The highest BCUT2D eigenvalue weighted by Gasteiger charge is 2.09. The van der Waals surface area contributed by atoms with Crippen molar-refractivity contribution in [3.8, 4) is 11.4 Å². The van der Waals surface area contributed by atoms with Gasteiger partial charge in [0.15, 0.2) is 5.82 Å². The summed E-state index contributed by atoms with van der Waals surface area (Å²) in [7, 11) is 0. The lowest BCUT2D eigenvalue weighted by molar-refractivity contribution is 1.15. The highest BCUT2D eigenvalue weighted by atomic mass is 127. The van der Waals surface area contributed by atoms with E-state index in [0.717, 1.165) is 5.56 Å². The molecule has 0 aromatic carbocycles. The van der Waals surface area contributed by atoms with Gasteiger partial charge in [-0.2, -0.15) is 0 Å². The molecule has 3 nitrogen and oxygen atoms in total. The van der Waals surface area contributed by atoms with Crippen molar-refractivity contribution in [1.29, 1.82) is 0 Å². The molecule has 2 heterocycles. The first-order valence-electron chi connectivity index (χ1n) is 3.97. The number of aromatic nitrogens is 3. The zero-order chi connectivity index (χ0) is 10.8. The van der Waals surface area contributed by atoms with Crippen LogP contribution in [0.1, 0.15) is 0 Å². The van der Waals surface area contributed by atoms with Gasteiger partial charge in [0, 0.05) is 18.0 Å². The number of hydrogen-bond acceptors (Lipinski definition) is 3. The third-order valence-corrected chi connectivity index (χ3v) is 3.90. The Morgan fingerprint density at radius 1 is 1.13 bits per heavy atom. The molecule has 2 rings (SSSR count). The lowest BCUT2D eigenvalue weighted by atomic mass is 10.3. The Labute approximate surface area is 110 Å². The molecule has 0 atom stereocenters. The largest absolute Gasteiger partial charge is 0.264 e. The molecule has 6 heteroatoms. The Bertz CT molecular complexity index is 467. The summed E-state index contributed by atoms with van der Waals surface area (Å²) in [4.78, 5) is 12.2. The van der Waals surface area contributed by atoms with Crippen LogP contribution in [0, 0.1) is 3.57 Å². The topological polar surface area (TPSA) is 38.7 Å². The second-order valence-electron chi connectivity index (χ2n) is 2.68. The smallest absolute Gasteiger partial charge is 0.164 e. The highest BCUT2D eigenvalue weighted by Crippen LogP contribution is 2.26. The quantitative estimate of drug-likeness (QED) is 0.583. The first-order chi connectivity index (χ1) is 7.18. The summed E-state index contributed by atoms with van der Waals surface area (Å²) in [5.74, 6) is 0.485. The molecular weight excluding hydrogens is 348 g/mol. The fraction of sp³-hybridized carbons (Fsp3) is 0. The number of nitrogens with zero attached hydrogens (tertiary/aromatic N) is 3. The van der Waals surface area contributed by atoms with Crippen LogP contribution >= 0.6 is 45.8 Å². The van der Waals surface area contributed by atoms with Crippen LogP contribution < -0.4 is 0 Å². The molecule has 0 saturated heterocycles. The van der Waals surface area contributed by atoms with Crippen LogP contribution in [-0.2, 0) is 0 Å². The molecular formula is C9H4Cl2IN3. The molecule has 76 valence electrons. The molecule has 15 heavy (non-hydrogen) atoms. The van der Waals surface area contributed by atoms with Crippen LogP contribution in [-0.4, -0.2) is 15.0 Å². The van der Waals surface area contributed by atoms with E-state index >= 15 is 0 Å². The van der Waals surface area contributed by atoms with Gasteiger partial charge < -0.3 is 0 Å². The van der Waals surface area contributed by atoms with Crippen molar-refractivity contribution >= 4 is 45.8 Å². The van der Waals surface area contributed by atoms with Gasteiger partial charge in [0.2, 0.25) is 0 Å². The Hall–Kier alpha value is -0.460. The molecule has 0 amide bonds. The molecule has 0 saturated carbocycles. The molecule has 0 fully saturated rings. The Morgan fingerprint density at radius 2 is 1.80 bits per heavy atom. The minimum Gasteiger partial charge on any atom is -0.264 e. The van der Waals surface area contributed by atoms with Crippen LogP contribution in [0.15, 0.2) is 24.5 Å². The SMILES string of the molecule is Clc1nc(-c2cccnc2)nc(Cl)c1I. The van der Waals surface area contributed by atoms with E-state index in [4.69, 9.17) is 23.2 Å². The van der Waals surface area contributed by atoms with Crippen LogP contribution in [0.3, 0.4) is 0 Å². The van der Waals surface area contributed by atoms with E-state index in [0.29, 0.717) is 19.7 Å². The average molecular weight is 352 g/mol. The number of pyridine rings is 1. The van der Waals surface area contributed by atoms with E-state index in [9.17, 15) is 0 Å². The average Bonchev–Trinajstić information content (AvgIpc) is 2.26. The predicted molar refractivity (Wildman–Crippen MR) is 68.0 cm³/mol. The van der Waals surface area contributed by atoms with Gasteiger partial charge in [0.05, 0.1) is 3.57 Å². The minimum absolute atomic E-state index is 0.356. The van der Waals surface area contributed by atoms with Gasteiger partial charge in [-0.25, -0.2) is 9.97 Å².